The Kier molecular flexibility index (Phi) is 3.46. The average Bonchev–Trinajstić information content (AvgIpc) is 2.28. The van der Waals surface area contributed by atoms with Crippen molar-refractivity contribution in [3.8, 4) is 5.88 Å². The highest BCUT2D eigenvalue weighted by Crippen LogP contribution is 2.28. The number of aromatic nitrogens is 3. The molecule has 11 heteroatoms. The molecule has 0 atom stereocenters. The molecule has 0 fully saturated rings. The highest BCUT2D eigenvalue weighted by molar-refractivity contribution is 7.87. The molecule has 2 heterocycles. The van der Waals surface area contributed by atoms with Gasteiger partial charge in [0.05, 0.1) is 0 Å². The zero-order chi connectivity index (χ0) is 15.1. The van der Waals surface area contributed by atoms with Crippen molar-refractivity contribution in [1.29, 1.82) is 0 Å². The third kappa shape index (κ3) is 2.75. The lowest BCUT2D eigenvalue weighted by Gasteiger charge is -2.10. The van der Waals surface area contributed by atoms with Crippen molar-refractivity contribution in [2.75, 3.05) is 0 Å². The first-order valence-corrected chi connectivity index (χ1v) is 6.70. The molecule has 0 bridgehead atoms. The maximum Gasteiger partial charge on any atom is 0.534 e. The number of rotatable bonds is 2. The number of aryl methyl sites for hydroxylation is 1. The fraction of sp³-hybridized carbons (Fsp3) is 0.222. The van der Waals surface area contributed by atoms with E-state index in [-0.39, 0.29) is 22.0 Å². The lowest BCUT2D eigenvalue weighted by atomic mass is 10.4. The molecule has 0 amide bonds. The number of nitrogens with zero attached hydrogens (tertiary/aromatic N) is 3. The fourth-order valence-corrected chi connectivity index (χ4v) is 1.82. The monoisotopic (exact) mass is 327 g/mol. The Morgan fingerprint density at radius 3 is 2.45 bits per heavy atom. The number of alkyl halides is 3. The van der Waals surface area contributed by atoms with Gasteiger partial charge in [-0.15, -0.1) is 0 Å². The molecule has 2 aromatic heterocycles. The Balaban J connectivity index is 2.51. The molecular formula is C9H5ClF3N3O3S. The maximum atomic E-state index is 12.2. The lowest BCUT2D eigenvalue weighted by molar-refractivity contribution is -0.0501. The summed E-state index contributed by atoms with van der Waals surface area (Å²) in [6.07, 6.45) is 0. The van der Waals surface area contributed by atoms with E-state index in [1.54, 1.807) is 0 Å². The SMILES string of the molecule is Cc1nc2nc(Cl)ccc2nc1OS(=O)(=O)C(F)(F)F. The van der Waals surface area contributed by atoms with Gasteiger partial charge in [-0.3, -0.25) is 0 Å². The number of hydrogen-bond donors (Lipinski definition) is 0. The Morgan fingerprint density at radius 1 is 1.20 bits per heavy atom. The summed E-state index contributed by atoms with van der Waals surface area (Å²) < 4.78 is 62.5. The van der Waals surface area contributed by atoms with Crippen LogP contribution in [0, 0.1) is 6.92 Å². The normalized spacial score (nSPS) is 12.7. The first kappa shape index (κ1) is 14.7. The molecule has 0 saturated carbocycles. The van der Waals surface area contributed by atoms with E-state index < -0.39 is 21.5 Å². The first-order chi connectivity index (χ1) is 9.10. The van der Waals surface area contributed by atoms with E-state index in [1.807, 2.05) is 0 Å². The molecule has 0 aliphatic carbocycles. The van der Waals surface area contributed by atoms with Crippen LogP contribution in [0.5, 0.6) is 5.88 Å². The van der Waals surface area contributed by atoms with Gasteiger partial charge in [-0.1, -0.05) is 11.6 Å². The van der Waals surface area contributed by atoms with Gasteiger partial charge in [0.25, 0.3) is 5.88 Å². The van der Waals surface area contributed by atoms with Crippen LogP contribution in [0.3, 0.4) is 0 Å². The van der Waals surface area contributed by atoms with Gasteiger partial charge in [-0.25, -0.2) is 15.0 Å². The van der Waals surface area contributed by atoms with Gasteiger partial charge in [0.15, 0.2) is 5.65 Å². The second-order valence-electron chi connectivity index (χ2n) is 3.57. The highest BCUT2D eigenvalue weighted by Gasteiger charge is 2.49. The summed E-state index contributed by atoms with van der Waals surface area (Å²) in [6, 6.07) is 2.65. The van der Waals surface area contributed by atoms with E-state index in [0.717, 1.165) is 0 Å². The smallest absolute Gasteiger partial charge is 0.353 e. The van der Waals surface area contributed by atoms with Crippen LogP contribution in [0.1, 0.15) is 5.69 Å². The van der Waals surface area contributed by atoms with E-state index in [1.165, 1.54) is 19.1 Å². The van der Waals surface area contributed by atoms with Crippen molar-refractivity contribution in [3.63, 3.8) is 0 Å². The summed E-state index contributed by atoms with van der Waals surface area (Å²) in [5, 5.41) is 0.114. The van der Waals surface area contributed by atoms with Crippen molar-refractivity contribution in [3.05, 3.63) is 23.0 Å². The molecular weight excluding hydrogens is 323 g/mol. The van der Waals surface area contributed by atoms with Gasteiger partial charge in [0.2, 0.25) is 0 Å². The number of fused-ring (bicyclic) bond motifs is 1. The minimum Gasteiger partial charge on any atom is -0.353 e. The van der Waals surface area contributed by atoms with Crippen molar-refractivity contribution in [2.45, 2.75) is 12.4 Å². The zero-order valence-electron chi connectivity index (χ0n) is 9.64. The summed E-state index contributed by atoms with van der Waals surface area (Å²) in [5.41, 5.74) is -5.60. The van der Waals surface area contributed by atoms with Gasteiger partial charge in [0.1, 0.15) is 16.4 Å². The molecule has 20 heavy (non-hydrogen) atoms. The topological polar surface area (TPSA) is 82.0 Å². The van der Waals surface area contributed by atoms with Gasteiger partial charge in [0, 0.05) is 0 Å². The van der Waals surface area contributed by atoms with Gasteiger partial charge >= 0.3 is 15.6 Å². The minimum absolute atomic E-state index is 0.0485. The Bertz CT molecular complexity index is 779. The quantitative estimate of drug-likeness (QED) is 0.478. The van der Waals surface area contributed by atoms with Crippen molar-refractivity contribution in [2.24, 2.45) is 0 Å². The van der Waals surface area contributed by atoms with E-state index in [4.69, 9.17) is 11.6 Å². The van der Waals surface area contributed by atoms with Crippen LogP contribution < -0.4 is 4.18 Å². The summed E-state index contributed by atoms with van der Waals surface area (Å²) in [7, 11) is -5.80. The van der Waals surface area contributed by atoms with Crippen molar-refractivity contribution < 1.29 is 25.8 Å². The molecule has 0 N–H and O–H groups in total. The average molecular weight is 328 g/mol. The fourth-order valence-electron chi connectivity index (χ4n) is 1.21. The third-order valence-electron chi connectivity index (χ3n) is 2.10. The minimum atomic E-state index is -5.80. The second kappa shape index (κ2) is 4.70. The van der Waals surface area contributed by atoms with E-state index in [0.29, 0.717) is 0 Å². The molecule has 108 valence electrons. The van der Waals surface area contributed by atoms with E-state index in [2.05, 4.69) is 19.1 Å². The summed E-state index contributed by atoms with van der Waals surface area (Å²) in [6.45, 7) is 1.23. The predicted molar refractivity (Wildman–Crippen MR) is 62.7 cm³/mol. The van der Waals surface area contributed by atoms with Crippen LogP contribution in [0.25, 0.3) is 11.2 Å². The molecule has 0 aliphatic heterocycles. The zero-order valence-corrected chi connectivity index (χ0v) is 11.2. The molecule has 2 aromatic rings. The molecule has 0 aromatic carbocycles. The van der Waals surface area contributed by atoms with Gasteiger partial charge in [-0.05, 0) is 19.1 Å². The van der Waals surface area contributed by atoms with Gasteiger partial charge in [-0.2, -0.15) is 21.6 Å². The highest BCUT2D eigenvalue weighted by atomic mass is 35.5. The van der Waals surface area contributed by atoms with E-state index in [9.17, 15) is 21.6 Å². The van der Waals surface area contributed by atoms with Crippen LogP contribution in [0.2, 0.25) is 5.15 Å². The van der Waals surface area contributed by atoms with Crippen LogP contribution in [0.15, 0.2) is 12.1 Å². The largest absolute Gasteiger partial charge is 0.534 e. The van der Waals surface area contributed by atoms with Crippen LogP contribution in [0.4, 0.5) is 13.2 Å². The molecule has 0 unspecified atom stereocenters. The van der Waals surface area contributed by atoms with Crippen LogP contribution in [-0.2, 0) is 10.1 Å². The number of hydrogen-bond acceptors (Lipinski definition) is 6. The van der Waals surface area contributed by atoms with Gasteiger partial charge < -0.3 is 4.18 Å². The Hall–Kier alpha value is -1.68. The molecule has 0 saturated heterocycles. The first-order valence-electron chi connectivity index (χ1n) is 4.92. The summed E-state index contributed by atoms with van der Waals surface area (Å²) in [4.78, 5) is 11.2. The summed E-state index contributed by atoms with van der Waals surface area (Å²) >= 11 is 5.62. The van der Waals surface area contributed by atoms with Crippen molar-refractivity contribution in [1.82, 2.24) is 15.0 Å². The Labute approximate surface area is 115 Å². The predicted octanol–water partition coefficient (Wildman–Crippen LogP) is 2.22. The molecule has 6 nitrogen and oxygen atoms in total. The standard InChI is InChI=1S/C9H5ClF3N3O3S/c1-4-8(19-20(17,18)9(11,12)13)15-5-2-3-6(10)16-7(5)14-4/h2-3H,1H3. The number of pyridine rings is 1. The molecule has 0 aliphatic rings. The summed E-state index contributed by atoms with van der Waals surface area (Å²) in [5.74, 6) is -0.765. The van der Waals surface area contributed by atoms with Crippen LogP contribution >= 0.6 is 11.6 Å². The number of halogens is 4. The molecule has 0 radical (unpaired) electrons. The molecule has 0 spiro atoms. The molecule has 2 rings (SSSR count). The third-order valence-corrected chi connectivity index (χ3v) is 3.25. The van der Waals surface area contributed by atoms with Crippen LogP contribution in [-0.4, -0.2) is 28.9 Å². The van der Waals surface area contributed by atoms with E-state index >= 15 is 0 Å². The second-order valence-corrected chi connectivity index (χ2v) is 5.50. The Morgan fingerprint density at radius 2 is 1.85 bits per heavy atom. The lowest BCUT2D eigenvalue weighted by Crippen LogP contribution is -2.28. The maximum absolute atomic E-state index is 12.2. The van der Waals surface area contributed by atoms with Crippen molar-refractivity contribution >= 4 is 32.9 Å².